The topological polar surface area (TPSA) is 64.9 Å². The Morgan fingerprint density at radius 3 is 2.60 bits per heavy atom. The summed E-state index contributed by atoms with van der Waals surface area (Å²) in [5.41, 5.74) is 6.11. The third-order valence-corrected chi connectivity index (χ3v) is 4.57. The average molecular weight is 279 g/mol. The molecule has 4 nitrogen and oxygen atoms in total. The fourth-order valence-electron chi connectivity index (χ4n) is 2.94. The number of nitrogens with zero attached hydrogens (tertiary/aromatic N) is 2. The van der Waals surface area contributed by atoms with Gasteiger partial charge in [-0.3, -0.25) is 0 Å². The highest BCUT2D eigenvalue weighted by molar-refractivity contribution is 5.05. The molecule has 1 aliphatic rings. The molecular formula is C16H29N3O. The SMILES string of the molecule is CCCCCCCc1nc(C2(N)CCC(C)CC2)no1. The highest BCUT2D eigenvalue weighted by atomic mass is 16.5. The molecule has 1 heterocycles. The Morgan fingerprint density at radius 1 is 1.20 bits per heavy atom. The summed E-state index contributed by atoms with van der Waals surface area (Å²) in [6.07, 6.45) is 11.5. The molecule has 0 aromatic carbocycles. The minimum Gasteiger partial charge on any atom is -0.339 e. The quantitative estimate of drug-likeness (QED) is 0.768. The molecule has 2 N–H and O–H groups in total. The summed E-state index contributed by atoms with van der Waals surface area (Å²) in [5, 5.41) is 4.14. The molecule has 1 aromatic heterocycles. The van der Waals surface area contributed by atoms with Crippen LogP contribution in [-0.4, -0.2) is 10.1 Å². The van der Waals surface area contributed by atoms with Gasteiger partial charge in [-0.25, -0.2) is 0 Å². The summed E-state index contributed by atoms with van der Waals surface area (Å²) in [6, 6.07) is 0. The maximum Gasteiger partial charge on any atom is 0.226 e. The van der Waals surface area contributed by atoms with Gasteiger partial charge in [-0.15, -0.1) is 0 Å². The van der Waals surface area contributed by atoms with Crippen LogP contribution in [0.1, 0.15) is 83.3 Å². The van der Waals surface area contributed by atoms with E-state index < -0.39 is 0 Å². The predicted molar refractivity (Wildman–Crippen MR) is 80.3 cm³/mol. The van der Waals surface area contributed by atoms with Gasteiger partial charge < -0.3 is 10.3 Å². The van der Waals surface area contributed by atoms with Crippen LogP contribution in [-0.2, 0) is 12.0 Å². The second kappa shape index (κ2) is 7.21. The molecule has 4 heteroatoms. The van der Waals surface area contributed by atoms with Crippen molar-refractivity contribution in [3.8, 4) is 0 Å². The van der Waals surface area contributed by atoms with Crippen LogP contribution in [0, 0.1) is 5.92 Å². The monoisotopic (exact) mass is 279 g/mol. The molecule has 0 spiro atoms. The first-order chi connectivity index (χ1) is 9.64. The van der Waals surface area contributed by atoms with Gasteiger partial charge in [0.15, 0.2) is 5.82 Å². The summed E-state index contributed by atoms with van der Waals surface area (Å²) < 4.78 is 5.38. The van der Waals surface area contributed by atoms with E-state index >= 15 is 0 Å². The standard InChI is InChI=1S/C16H29N3O/c1-3-4-5-6-7-8-14-18-15(19-20-14)16(17)11-9-13(2)10-12-16/h13H,3-12,17H2,1-2H3. The molecule has 2 rings (SSSR count). The summed E-state index contributed by atoms with van der Waals surface area (Å²) in [6.45, 7) is 4.52. The van der Waals surface area contributed by atoms with E-state index in [-0.39, 0.29) is 5.54 Å². The molecule has 0 radical (unpaired) electrons. The van der Waals surface area contributed by atoms with Crippen molar-refractivity contribution in [3.05, 3.63) is 11.7 Å². The van der Waals surface area contributed by atoms with E-state index in [4.69, 9.17) is 10.3 Å². The van der Waals surface area contributed by atoms with E-state index in [0.29, 0.717) is 0 Å². The summed E-state index contributed by atoms with van der Waals surface area (Å²) >= 11 is 0. The molecule has 0 aliphatic heterocycles. The molecule has 0 bridgehead atoms. The van der Waals surface area contributed by atoms with Gasteiger partial charge in [-0.05, 0) is 38.0 Å². The van der Waals surface area contributed by atoms with Crippen molar-refractivity contribution < 1.29 is 4.52 Å². The van der Waals surface area contributed by atoms with Crippen molar-refractivity contribution in [1.29, 1.82) is 0 Å². The largest absolute Gasteiger partial charge is 0.339 e. The van der Waals surface area contributed by atoms with Gasteiger partial charge in [-0.2, -0.15) is 4.98 Å². The van der Waals surface area contributed by atoms with E-state index in [2.05, 4.69) is 24.0 Å². The second-order valence-corrected chi connectivity index (χ2v) is 6.51. The molecule has 0 atom stereocenters. The lowest BCUT2D eigenvalue weighted by molar-refractivity contribution is 0.230. The van der Waals surface area contributed by atoms with Gasteiger partial charge in [0.25, 0.3) is 0 Å². The van der Waals surface area contributed by atoms with Crippen molar-refractivity contribution in [1.82, 2.24) is 10.1 Å². The van der Waals surface area contributed by atoms with Crippen molar-refractivity contribution in [2.45, 2.75) is 83.6 Å². The number of unbranched alkanes of at least 4 members (excludes halogenated alkanes) is 4. The Balaban J connectivity index is 1.82. The van der Waals surface area contributed by atoms with Crippen LogP contribution in [0.2, 0.25) is 0 Å². The van der Waals surface area contributed by atoms with E-state index in [1.807, 2.05) is 0 Å². The van der Waals surface area contributed by atoms with Gasteiger partial charge in [-0.1, -0.05) is 44.7 Å². The van der Waals surface area contributed by atoms with Gasteiger partial charge >= 0.3 is 0 Å². The highest BCUT2D eigenvalue weighted by Crippen LogP contribution is 2.35. The van der Waals surface area contributed by atoms with Crippen LogP contribution < -0.4 is 5.73 Å². The van der Waals surface area contributed by atoms with Crippen molar-refractivity contribution in [2.24, 2.45) is 11.7 Å². The molecule has 1 aliphatic carbocycles. The second-order valence-electron chi connectivity index (χ2n) is 6.51. The van der Waals surface area contributed by atoms with Crippen molar-refractivity contribution >= 4 is 0 Å². The fourth-order valence-corrected chi connectivity index (χ4v) is 2.94. The maximum atomic E-state index is 6.47. The van der Waals surface area contributed by atoms with Crippen molar-refractivity contribution in [3.63, 3.8) is 0 Å². The minimum atomic E-state index is -0.351. The van der Waals surface area contributed by atoms with Gasteiger partial charge in [0.05, 0.1) is 5.54 Å². The minimum absolute atomic E-state index is 0.351. The normalized spacial score (nSPS) is 26.9. The smallest absolute Gasteiger partial charge is 0.226 e. The fraction of sp³-hybridized carbons (Fsp3) is 0.875. The van der Waals surface area contributed by atoms with Crippen LogP contribution in [0.15, 0.2) is 4.52 Å². The zero-order chi connectivity index (χ0) is 14.4. The first-order valence-corrected chi connectivity index (χ1v) is 8.26. The van der Waals surface area contributed by atoms with Crippen LogP contribution in [0.3, 0.4) is 0 Å². The number of hydrogen-bond donors (Lipinski definition) is 1. The molecule has 0 amide bonds. The first kappa shape index (κ1) is 15.5. The molecule has 0 unspecified atom stereocenters. The lowest BCUT2D eigenvalue weighted by atomic mass is 9.77. The van der Waals surface area contributed by atoms with Crippen LogP contribution in [0.25, 0.3) is 0 Å². The summed E-state index contributed by atoms with van der Waals surface area (Å²) in [5.74, 6) is 2.27. The first-order valence-electron chi connectivity index (χ1n) is 8.26. The zero-order valence-corrected chi connectivity index (χ0v) is 13.0. The molecule has 1 saturated carbocycles. The third kappa shape index (κ3) is 4.05. The van der Waals surface area contributed by atoms with Gasteiger partial charge in [0, 0.05) is 6.42 Å². The van der Waals surface area contributed by atoms with E-state index in [1.54, 1.807) is 0 Å². The number of rotatable bonds is 7. The Kier molecular flexibility index (Phi) is 5.58. The number of nitrogens with two attached hydrogens (primary N) is 1. The zero-order valence-electron chi connectivity index (χ0n) is 13.0. The lowest BCUT2D eigenvalue weighted by Gasteiger charge is -2.33. The van der Waals surface area contributed by atoms with Crippen molar-refractivity contribution in [2.75, 3.05) is 0 Å². The lowest BCUT2D eigenvalue weighted by Crippen LogP contribution is -2.41. The third-order valence-electron chi connectivity index (χ3n) is 4.57. The Hall–Kier alpha value is -0.900. The average Bonchev–Trinajstić information content (AvgIpc) is 2.92. The Morgan fingerprint density at radius 2 is 1.90 bits per heavy atom. The van der Waals surface area contributed by atoms with Crippen LogP contribution in [0.4, 0.5) is 0 Å². The van der Waals surface area contributed by atoms with Crippen LogP contribution in [0.5, 0.6) is 0 Å². The number of aryl methyl sites for hydroxylation is 1. The van der Waals surface area contributed by atoms with E-state index in [9.17, 15) is 0 Å². The summed E-state index contributed by atoms with van der Waals surface area (Å²) in [4.78, 5) is 4.55. The predicted octanol–water partition coefficient (Wildman–Crippen LogP) is 3.95. The molecule has 1 aromatic rings. The van der Waals surface area contributed by atoms with Gasteiger partial charge in [0.1, 0.15) is 0 Å². The molecule has 0 saturated heterocycles. The van der Waals surface area contributed by atoms with Crippen LogP contribution >= 0.6 is 0 Å². The maximum absolute atomic E-state index is 6.47. The number of aromatic nitrogens is 2. The highest BCUT2D eigenvalue weighted by Gasteiger charge is 2.36. The van der Waals surface area contributed by atoms with E-state index in [0.717, 1.165) is 56.2 Å². The molecule has 1 fully saturated rings. The number of hydrogen-bond acceptors (Lipinski definition) is 4. The Bertz CT molecular complexity index is 394. The summed E-state index contributed by atoms with van der Waals surface area (Å²) in [7, 11) is 0. The molecule has 20 heavy (non-hydrogen) atoms. The molecular weight excluding hydrogens is 250 g/mol. The Labute approximate surface area is 122 Å². The van der Waals surface area contributed by atoms with Gasteiger partial charge in [0.2, 0.25) is 5.89 Å². The molecule has 114 valence electrons. The van der Waals surface area contributed by atoms with E-state index in [1.165, 1.54) is 25.7 Å².